The van der Waals surface area contributed by atoms with Crippen molar-refractivity contribution in [2.45, 2.75) is 19.4 Å². The molecule has 0 heterocycles. The fourth-order valence-corrected chi connectivity index (χ4v) is 2.30. The summed E-state index contributed by atoms with van der Waals surface area (Å²) in [5.41, 5.74) is 2.24. The normalized spacial score (nSPS) is 10.3. The fourth-order valence-electron chi connectivity index (χ4n) is 2.08. The maximum absolute atomic E-state index is 12.1. The number of carbonyl (C=O) groups excluding carboxylic acids is 1. The molecule has 20 heavy (non-hydrogen) atoms. The summed E-state index contributed by atoms with van der Waals surface area (Å²) in [6.07, 6.45) is 1.31. The number of rotatable bonds is 5. The van der Waals surface area contributed by atoms with Crippen molar-refractivity contribution in [3.63, 3.8) is 0 Å². The van der Waals surface area contributed by atoms with Crippen LogP contribution in [0.25, 0.3) is 0 Å². The zero-order valence-corrected chi connectivity index (χ0v) is 12.3. The number of halogens is 1. The van der Waals surface area contributed by atoms with Crippen LogP contribution in [0.15, 0.2) is 54.6 Å². The summed E-state index contributed by atoms with van der Waals surface area (Å²) >= 11 is 5.95. The molecule has 0 aliphatic heterocycles. The minimum absolute atomic E-state index is 0.147. The Labute approximate surface area is 125 Å². The molecule has 0 spiro atoms. The lowest BCUT2D eigenvalue weighted by molar-refractivity contribution is -0.130. The van der Waals surface area contributed by atoms with E-state index >= 15 is 0 Å². The lowest BCUT2D eigenvalue weighted by atomic mass is 10.1. The van der Waals surface area contributed by atoms with Crippen molar-refractivity contribution in [3.05, 3.63) is 70.7 Å². The van der Waals surface area contributed by atoms with Gasteiger partial charge in [-0.05, 0) is 29.7 Å². The van der Waals surface area contributed by atoms with Gasteiger partial charge in [-0.25, -0.2) is 0 Å². The van der Waals surface area contributed by atoms with E-state index in [1.807, 2.05) is 61.6 Å². The summed E-state index contributed by atoms with van der Waals surface area (Å²) < 4.78 is 0. The van der Waals surface area contributed by atoms with E-state index in [0.717, 1.165) is 12.0 Å². The second-order valence-electron chi connectivity index (χ2n) is 4.87. The van der Waals surface area contributed by atoms with Gasteiger partial charge in [0, 0.05) is 25.0 Å². The molecule has 0 aliphatic carbocycles. The van der Waals surface area contributed by atoms with Gasteiger partial charge in [0.05, 0.1) is 0 Å². The van der Waals surface area contributed by atoms with Gasteiger partial charge < -0.3 is 4.90 Å². The number of amides is 1. The van der Waals surface area contributed by atoms with E-state index in [1.54, 1.807) is 4.90 Å². The quantitative estimate of drug-likeness (QED) is 0.816. The summed E-state index contributed by atoms with van der Waals surface area (Å²) in [5, 5.41) is 0.702. The van der Waals surface area contributed by atoms with Crippen LogP contribution < -0.4 is 0 Å². The van der Waals surface area contributed by atoms with Crippen molar-refractivity contribution < 1.29 is 4.79 Å². The first-order valence-electron chi connectivity index (χ1n) is 6.67. The molecule has 2 nitrogen and oxygen atoms in total. The van der Waals surface area contributed by atoms with Crippen LogP contribution in [0.1, 0.15) is 17.5 Å². The topological polar surface area (TPSA) is 20.3 Å². The van der Waals surface area contributed by atoms with Gasteiger partial charge in [-0.15, -0.1) is 0 Å². The van der Waals surface area contributed by atoms with Gasteiger partial charge in [0.1, 0.15) is 0 Å². The molecule has 0 atom stereocenters. The first-order valence-corrected chi connectivity index (χ1v) is 7.05. The lowest BCUT2D eigenvalue weighted by Gasteiger charge is -2.17. The summed E-state index contributed by atoms with van der Waals surface area (Å²) in [5.74, 6) is 0.147. The number of aryl methyl sites for hydroxylation is 1. The molecule has 2 rings (SSSR count). The van der Waals surface area contributed by atoms with E-state index in [-0.39, 0.29) is 5.91 Å². The molecule has 0 N–H and O–H groups in total. The zero-order chi connectivity index (χ0) is 14.4. The Kier molecular flexibility index (Phi) is 5.19. The van der Waals surface area contributed by atoms with Gasteiger partial charge in [0.2, 0.25) is 5.91 Å². The highest BCUT2D eigenvalue weighted by atomic mass is 35.5. The van der Waals surface area contributed by atoms with Gasteiger partial charge >= 0.3 is 0 Å². The monoisotopic (exact) mass is 287 g/mol. The molecule has 0 bridgehead atoms. The van der Waals surface area contributed by atoms with Crippen molar-refractivity contribution in [1.82, 2.24) is 4.90 Å². The van der Waals surface area contributed by atoms with E-state index in [0.29, 0.717) is 18.0 Å². The highest BCUT2D eigenvalue weighted by molar-refractivity contribution is 6.30. The molecule has 0 aliphatic rings. The Morgan fingerprint density at radius 3 is 2.45 bits per heavy atom. The Morgan fingerprint density at radius 2 is 1.75 bits per heavy atom. The first-order chi connectivity index (χ1) is 9.65. The van der Waals surface area contributed by atoms with Gasteiger partial charge in [-0.2, -0.15) is 0 Å². The smallest absolute Gasteiger partial charge is 0.222 e. The SMILES string of the molecule is CN(Cc1cccc(Cl)c1)C(=O)CCc1ccccc1. The van der Waals surface area contributed by atoms with Crippen molar-refractivity contribution in [3.8, 4) is 0 Å². The largest absolute Gasteiger partial charge is 0.341 e. The second kappa shape index (κ2) is 7.11. The molecule has 0 unspecified atom stereocenters. The van der Waals surface area contributed by atoms with Crippen LogP contribution >= 0.6 is 11.6 Å². The molecule has 0 fully saturated rings. The second-order valence-corrected chi connectivity index (χ2v) is 5.30. The lowest BCUT2D eigenvalue weighted by Crippen LogP contribution is -2.26. The fraction of sp³-hybridized carbons (Fsp3) is 0.235. The number of nitrogens with zero attached hydrogens (tertiary/aromatic N) is 1. The molecular weight excluding hydrogens is 270 g/mol. The summed E-state index contributed by atoms with van der Waals surface area (Å²) in [4.78, 5) is 13.8. The third-order valence-electron chi connectivity index (χ3n) is 3.20. The van der Waals surface area contributed by atoms with Gasteiger partial charge in [0.15, 0.2) is 0 Å². The first kappa shape index (κ1) is 14.6. The van der Waals surface area contributed by atoms with Crippen molar-refractivity contribution in [1.29, 1.82) is 0 Å². The molecular formula is C17H18ClNO. The predicted molar refractivity (Wildman–Crippen MR) is 82.7 cm³/mol. The predicted octanol–water partition coefficient (Wildman–Crippen LogP) is 3.93. The molecule has 104 valence electrons. The van der Waals surface area contributed by atoms with E-state index in [9.17, 15) is 4.79 Å². The molecule has 0 saturated heterocycles. The molecule has 3 heteroatoms. The average molecular weight is 288 g/mol. The van der Waals surface area contributed by atoms with Crippen LogP contribution in [-0.2, 0) is 17.8 Å². The van der Waals surface area contributed by atoms with E-state index in [2.05, 4.69) is 0 Å². The molecule has 2 aromatic carbocycles. The molecule has 0 saturated carbocycles. The maximum Gasteiger partial charge on any atom is 0.222 e. The molecule has 0 aromatic heterocycles. The Bertz CT molecular complexity index is 568. The minimum atomic E-state index is 0.147. The molecule has 2 aromatic rings. The third-order valence-corrected chi connectivity index (χ3v) is 3.44. The van der Waals surface area contributed by atoms with Gasteiger partial charge in [-0.3, -0.25) is 4.79 Å². The molecule has 1 amide bonds. The van der Waals surface area contributed by atoms with Gasteiger partial charge in [0.25, 0.3) is 0 Å². The van der Waals surface area contributed by atoms with Crippen LogP contribution in [-0.4, -0.2) is 17.9 Å². The standard InChI is InChI=1S/C17H18ClNO/c1-19(13-15-8-5-9-16(18)12-15)17(20)11-10-14-6-3-2-4-7-14/h2-9,12H,10-11,13H2,1H3. The Hall–Kier alpha value is -1.80. The average Bonchev–Trinajstić information content (AvgIpc) is 2.46. The summed E-state index contributed by atoms with van der Waals surface area (Å²) in [6, 6.07) is 17.7. The summed E-state index contributed by atoms with van der Waals surface area (Å²) in [6.45, 7) is 0.591. The maximum atomic E-state index is 12.1. The Morgan fingerprint density at radius 1 is 1.05 bits per heavy atom. The van der Waals surface area contributed by atoms with Crippen molar-refractivity contribution in [2.75, 3.05) is 7.05 Å². The van der Waals surface area contributed by atoms with E-state index < -0.39 is 0 Å². The molecule has 0 radical (unpaired) electrons. The Balaban J connectivity index is 1.86. The van der Waals surface area contributed by atoms with E-state index in [1.165, 1.54) is 5.56 Å². The minimum Gasteiger partial charge on any atom is -0.341 e. The van der Waals surface area contributed by atoms with Crippen molar-refractivity contribution in [2.24, 2.45) is 0 Å². The number of hydrogen-bond acceptors (Lipinski definition) is 1. The van der Waals surface area contributed by atoms with Crippen LogP contribution in [0.3, 0.4) is 0 Å². The van der Waals surface area contributed by atoms with Gasteiger partial charge in [-0.1, -0.05) is 54.1 Å². The van der Waals surface area contributed by atoms with Crippen LogP contribution in [0, 0.1) is 0 Å². The highest BCUT2D eigenvalue weighted by Gasteiger charge is 2.09. The van der Waals surface area contributed by atoms with Crippen LogP contribution in [0.2, 0.25) is 5.02 Å². The number of benzene rings is 2. The third kappa shape index (κ3) is 4.39. The summed E-state index contributed by atoms with van der Waals surface area (Å²) in [7, 11) is 1.83. The zero-order valence-electron chi connectivity index (χ0n) is 11.6. The van der Waals surface area contributed by atoms with Crippen LogP contribution in [0.4, 0.5) is 0 Å². The van der Waals surface area contributed by atoms with Crippen molar-refractivity contribution >= 4 is 17.5 Å². The number of hydrogen-bond donors (Lipinski definition) is 0. The van der Waals surface area contributed by atoms with E-state index in [4.69, 9.17) is 11.6 Å². The number of carbonyl (C=O) groups is 1. The highest BCUT2D eigenvalue weighted by Crippen LogP contribution is 2.13. The van der Waals surface area contributed by atoms with Crippen LogP contribution in [0.5, 0.6) is 0 Å².